The Balaban J connectivity index is 2.24. The monoisotopic (exact) mass is 228 g/mol. The van der Waals surface area contributed by atoms with Gasteiger partial charge < -0.3 is 15.3 Å². The van der Waals surface area contributed by atoms with Crippen LogP contribution in [0.25, 0.3) is 0 Å². The smallest absolute Gasteiger partial charge is 0.0721 e. The van der Waals surface area contributed by atoms with Crippen LogP contribution in [0.5, 0.6) is 0 Å². The second-order valence-electron chi connectivity index (χ2n) is 4.80. The highest BCUT2D eigenvalue weighted by Crippen LogP contribution is 2.27. The van der Waals surface area contributed by atoms with E-state index in [4.69, 9.17) is 0 Å². The summed E-state index contributed by atoms with van der Waals surface area (Å²) < 4.78 is 0. The van der Waals surface area contributed by atoms with E-state index in [2.05, 4.69) is 6.92 Å². The highest BCUT2D eigenvalue weighted by molar-refractivity contribution is 5.00. The summed E-state index contributed by atoms with van der Waals surface area (Å²) in [7, 11) is 0. The van der Waals surface area contributed by atoms with E-state index >= 15 is 0 Å². The third-order valence-corrected chi connectivity index (χ3v) is 3.24. The van der Waals surface area contributed by atoms with Crippen molar-refractivity contribution in [1.82, 2.24) is 0 Å². The molecule has 1 fully saturated rings. The predicted octanol–water partition coefficient (Wildman–Crippen LogP) is 1.62. The lowest BCUT2D eigenvalue weighted by atomic mass is 10.0. The Labute approximate surface area is 97.8 Å². The van der Waals surface area contributed by atoms with Crippen molar-refractivity contribution in [3.63, 3.8) is 0 Å². The number of unbranched alkanes of at least 4 members (excludes halogenated alkanes) is 2. The van der Waals surface area contributed by atoms with Crippen LogP contribution in [0.15, 0.2) is 12.2 Å². The van der Waals surface area contributed by atoms with Gasteiger partial charge in [0.2, 0.25) is 0 Å². The second-order valence-corrected chi connectivity index (χ2v) is 4.80. The van der Waals surface area contributed by atoms with Gasteiger partial charge in [-0.15, -0.1) is 0 Å². The maximum Gasteiger partial charge on any atom is 0.0721 e. The molecule has 0 spiro atoms. The number of aliphatic hydroxyl groups is 3. The van der Waals surface area contributed by atoms with Crippen LogP contribution in [-0.2, 0) is 0 Å². The lowest BCUT2D eigenvalue weighted by Crippen LogP contribution is -2.11. The van der Waals surface area contributed by atoms with Crippen LogP contribution >= 0.6 is 0 Å². The lowest BCUT2D eigenvalue weighted by Gasteiger charge is -2.10. The molecule has 3 heteroatoms. The van der Waals surface area contributed by atoms with Crippen LogP contribution in [0.2, 0.25) is 0 Å². The van der Waals surface area contributed by atoms with Crippen LogP contribution < -0.4 is 0 Å². The van der Waals surface area contributed by atoms with Crippen molar-refractivity contribution in [3.05, 3.63) is 12.2 Å². The lowest BCUT2D eigenvalue weighted by molar-refractivity contribution is 0.128. The quantitative estimate of drug-likeness (QED) is 0.478. The van der Waals surface area contributed by atoms with Gasteiger partial charge in [-0.25, -0.2) is 0 Å². The van der Waals surface area contributed by atoms with Crippen molar-refractivity contribution < 1.29 is 15.3 Å². The van der Waals surface area contributed by atoms with Crippen LogP contribution in [0.3, 0.4) is 0 Å². The molecule has 1 saturated carbocycles. The highest BCUT2D eigenvalue weighted by Gasteiger charge is 2.29. The van der Waals surface area contributed by atoms with E-state index in [-0.39, 0.29) is 12.0 Å². The molecule has 0 radical (unpaired) electrons. The molecule has 0 unspecified atom stereocenters. The fourth-order valence-electron chi connectivity index (χ4n) is 2.20. The van der Waals surface area contributed by atoms with Crippen molar-refractivity contribution in [2.45, 2.75) is 63.8 Å². The molecule has 1 aliphatic carbocycles. The van der Waals surface area contributed by atoms with E-state index in [9.17, 15) is 15.3 Å². The van der Waals surface area contributed by atoms with Gasteiger partial charge >= 0.3 is 0 Å². The predicted molar refractivity (Wildman–Crippen MR) is 64.0 cm³/mol. The van der Waals surface area contributed by atoms with Crippen LogP contribution in [0.4, 0.5) is 0 Å². The minimum atomic E-state index is -0.450. The van der Waals surface area contributed by atoms with Crippen molar-refractivity contribution in [1.29, 1.82) is 0 Å². The first-order chi connectivity index (χ1) is 7.63. The minimum Gasteiger partial charge on any atom is -0.393 e. The van der Waals surface area contributed by atoms with Crippen molar-refractivity contribution in [3.8, 4) is 0 Å². The van der Waals surface area contributed by atoms with Crippen molar-refractivity contribution in [2.24, 2.45) is 5.92 Å². The number of hydrogen-bond acceptors (Lipinski definition) is 3. The summed E-state index contributed by atoms with van der Waals surface area (Å²) in [4.78, 5) is 0. The molecule has 3 N–H and O–H groups in total. The van der Waals surface area contributed by atoms with Gasteiger partial charge in [0.25, 0.3) is 0 Å². The van der Waals surface area contributed by atoms with Gasteiger partial charge in [-0.3, -0.25) is 0 Å². The Hall–Kier alpha value is -0.380. The van der Waals surface area contributed by atoms with Crippen LogP contribution in [0, 0.1) is 5.92 Å². The van der Waals surface area contributed by atoms with E-state index in [0.717, 1.165) is 25.7 Å². The van der Waals surface area contributed by atoms with Gasteiger partial charge in [0.05, 0.1) is 18.3 Å². The molecule has 0 heterocycles. The fourth-order valence-corrected chi connectivity index (χ4v) is 2.20. The summed E-state index contributed by atoms with van der Waals surface area (Å²) >= 11 is 0. The van der Waals surface area contributed by atoms with E-state index in [0.29, 0.717) is 12.8 Å². The first-order valence-electron chi connectivity index (χ1n) is 6.36. The largest absolute Gasteiger partial charge is 0.393 e. The second kappa shape index (κ2) is 7.05. The Morgan fingerprint density at radius 3 is 2.56 bits per heavy atom. The van der Waals surface area contributed by atoms with Gasteiger partial charge in [0.1, 0.15) is 0 Å². The summed E-state index contributed by atoms with van der Waals surface area (Å²) in [6.07, 6.45) is 7.58. The molecule has 0 saturated heterocycles. The maximum atomic E-state index is 9.66. The summed E-state index contributed by atoms with van der Waals surface area (Å²) in [6, 6.07) is 0. The molecule has 0 amide bonds. The Kier molecular flexibility index (Phi) is 6.03. The Morgan fingerprint density at radius 2 is 2.00 bits per heavy atom. The maximum absolute atomic E-state index is 9.66. The van der Waals surface area contributed by atoms with Crippen LogP contribution in [0.1, 0.15) is 45.4 Å². The fraction of sp³-hybridized carbons (Fsp3) is 0.846. The van der Waals surface area contributed by atoms with E-state index in [1.165, 1.54) is 0 Å². The third kappa shape index (κ3) is 4.64. The van der Waals surface area contributed by atoms with Gasteiger partial charge in [-0.2, -0.15) is 0 Å². The summed E-state index contributed by atoms with van der Waals surface area (Å²) in [5.74, 6) is 0.0100. The summed E-state index contributed by atoms with van der Waals surface area (Å²) in [6.45, 7) is 2.14. The topological polar surface area (TPSA) is 60.7 Å². The zero-order valence-corrected chi connectivity index (χ0v) is 10.0. The molecule has 0 bridgehead atoms. The van der Waals surface area contributed by atoms with Gasteiger partial charge in [-0.1, -0.05) is 38.3 Å². The molecule has 0 aromatic carbocycles. The standard InChI is InChI=1S/C13H24O3/c1-2-3-4-5-11(14)7-6-10-8-12(15)9-13(10)16/h6-7,10-16H,2-5,8-9H2,1H3/b7-6+/t10-,11-,12+,13+/m1/s1. The summed E-state index contributed by atoms with van der Waals surface area (Å²) in [5.41, 5.74) is 0. The highest BCUT2D eigenvalue weighted by atomic mass is 16.3. The molecule has 1 rings (SSSR count). The van der Waals surface area contributed by atoms with Crippen LogP contribution in [-0.4, -0.2) is 33.6 Å². The van der Waals surface area contributed by atoms with Gasteiger partial charge in [0.15, 0.2) is 0 Å². The van der Waals surface area contributed by atoms with E-state index < -0.39 is 12.2 Å². The molecule has 0 aromatic rings. The first kappa shape index (κ1) is 13.7. The van der Waals surface area contributed by atoms with Crippen molar-refractivity contribution >= 4 is 0 Å². The SMILES string of the molecule is CCCCC[C@@H](O)/C=C/[C@@H]1C[C@H](O)C[C@@H]1O. The third-order valence-electron chi connectivity index (χ3n) is 3.24. The average Bonchev–Trinajstić information content (AvgIpc) is 2.55. The van der Waals surface area contributed by atoms with E-state index in [1.807, 2.05) is 6.08 Å². The first-order valence-corrected chi connectivity index (χ1v) is 6.36. The van der Waals surface area contributed by atoms with E-state index in [1.54, 1.807) is 6.08 Å². The zero-order valence-electron chi connectivity index (χ0n) is 10.0. The average molecular weight is 228 g/mol. The Morgan fingerprint density at radius 1 is 1.25 bits per heavy atom. The molecule has 3 nitrogen and oxygen atoms in total. The van der Waals surface area contributed by atoms with Crippen molar-refractivity contribution in [2.75, 3.05) is 0 Å². The molecular weight excluding hydrogens is 204 g/mol. The number of hydrogen-bond donors (Lipinski definition) is 3. The molecule has 1 aliphatic rings. The number of aliphatic hydroxyl groups excluding tert-OH is 3. The molecule has 4 atom stereocenters. The molecule has 0 aliphatic heterocycles. The normalized spacial score (nSPS) is 32.4. The van der Waals surface area contributed by atoms with Gasteiger partial charge in [-0.05, 0) is 19.3 Å². The van der Waals surface area contributed by atoms with Gasteiger partial charge in [0, 0.05) is 5.92 Å². The molecule has 16 heavy (non-hydrogen) atoms. The minimum absolute atomic E-state index is 0.0100. The number of rotatable bonds is 6. The molecule has 0 aromatic heterocycles. The Bertz CT molecular complexity index is 215. The molecular formula is C13H24O3. The molecule has 94 valence electrons. The zero-order chi connectivity index (χ0) is 12.0. The summed E-state index contributed by atoms with van der Waals surface area (Å²) in [5, 5.41) is 28.6.